The van der Waals surface area contributed by atoms with E-state index in [2.05, 4.69) is 26.1 Å². The van der Waals surface area contributed by atoms with Crippen molar-refractivity contribution in [3.05, 3.63) is 27.7 Å². The lowest BCUT2D eigenvalue weighted by atomic mass is 9.79. The van der Waals surface area contributed by atoms with Gasteiger partial charge in [0.2, 0.25) is 0 Å². The molecule has 1 atom stereocenters. The lowest BCUT2D eigenvalue weighted by Crippen LogP contribution is -2.47. The molecule has 1 aliphatic carbocycles. The zero-order valence-corrected chi connectivity index (χ0v) is 17.2. The second-order valence-electron chi connectivity index (χ2n) is 6.55. The molecule has 1 aliphatic heterocycles. The lowest BCUT2D eigenvalue weighted by molar-refractivity contribution is 0.0977. The van der Waals surface area contributed by atoms with E-state index in [0.29, 0.717) is 0 Å². The van der Waals surface area contributed by atoms with E-state index in [0.717, 1.165) is 57.9 Å². The number of nitrogens with zero attached hydrogens (tertiary/aromatic N) is 1. The maximum atomic E-state index is 14.6. The Bertz CT molecular complexity index is 524. The van der Waals surface area contributed by atoms with Crippen LogP contribution in [0, 0.1) is 17.6 Å². The first-order chi connectivity index (χ1) is 11.1. The van der Waals surface area contributed by atoms with Crippen LogP contribution in [0.2, 0.25) is 0 Å². The van der Waals surface area contributed by atoms with Gasteiger partial charge in [0.25, 0.3) is 0 Å². The van der Waals surface area contributed by atoms with Crippen molar-refractivity contribution in [3.63, 3.8) is 0 Å². The Morgan fingerprint density at radius 2 is 1.72 bits per heavy atom. The first kappa shape index (κ1) is 22.9. The summed E-state index contributed by atoms with van der Waals surface area (Å²) in [6, 6.07) is 0.744. The molecule has 1 aromatic carbocycles. The number of hydrogen-bond acceptors (Lipinski definition) is 3. The van der Waals surface area contributed by atoms with Crippen LogP contribution in [0.1, 0.15) is 43.7 Å². The molecular formula is C17H25BrCl2F2N2O. The van der Waals surface area contributed by atoms with E-state index in [-0.39, 0.29) is 52.6 Å². The van der Waals surface area contributed by atoms with Crippen molar-refractivity contribution >= 4 is 40.7 Å². The third-order valence-corrected chi connectivity index (χ3v) is 5.72. The van der Waals surface area contributed by atoms with Crippen LogP contribution in [-0.2, 0) is 0 Å². The molecule has 2 aliphatic rings. The monoisotopic (exact) mass is 460 g/mol. The molecule has 1 saturated heterocycles. The van der Waals surface area contributed by atoms with Gasteiger partial charge < -0.3 is 10.4 Å². The molecule has 1 heterocycles. The van der Waals surface area contributed by atoms with Gasteiger partial charge in [0, 0.05) is 32.2 Å². The van der Waals surface area contributed by atoms with Gasteiger partial charge in [-0.15, -0.1) is 24.8 Å². The van der Waals surface area contributed by atoms with Crippen LogP contribution >= 0.6 is 40.7 Å². The minimum Gasteiger partial charge on any atom is -0.506 e. The van der Waals surface area contributed by atoms with Crippen molar-refractivity contribution in [2.24, 2.45) is 5.92 Å². The molecular weight excluding hydrogens is 437 g/mol. The summed E-state index contributed by atoms with van der Waals surface area (Å²) in [6.07, 6.45) is 5.44. The van der Waals surface area contributed by atoms with Crippen molar-refractivity contribution in [1.29, 1.82) is 0 Å². The van der Waals surface area contributed by atoms with E-state index >= 15 is 0 Å². The summed E-state index contributed by atoms with van der Waals surface area (Å²) in [4.78, 5) is 2.20. The van der Waals surface area contributed by atoms with Crippen molar-refractivity contribution in [2.45, 2.75) is 38.1 Å². The Morgan fingerprint density at radius 3 is 2.32 bits per heavy atom. The van der Waals surface area contributed by atoms with Gasteiger partial charge in [-0.2, -0.15) is 0 Å². The third-order valence-electron chi connectivity index (χ3n) is 5.12. The SMILES string of the molecule is Cl.Cl.Oc1c(Br)cc(F)c(F)c1[C@H](C1CCCCC1)N1CCNCC1. The molecule has 0 bridgehead atoms. The average molecular weight is 462 g/mol. The average Bonchev–Trinajstić information content (AvgIpc) is 2.58. The van der Waals surface area contributed by atoms with Gasteiger partial charge in [0.15, 0.2) is 11.6 Å². The molecule has 0 amide bonds. The summed E-state index contributed by atoms with van der Waals surface area (Å²) in [5.74, 6) is -1.70. The number of rotatable bonds is 3. The number of phenolic OH excluding ortho intramolecular Hbond substituents is 1. The van der Waals surface area contributed by atoms with Crippen LogP contribution in [-0.4, -0.2) is 36.2 Å². The van der Waals surface area contributed by atoms with Gasteiger partial charge in [-0.25, -0.2) is 8.78 Å². The molecule has 0 spiro atoms. The van der Waals surface area contributed by atoms with Crippen molar-refractivity contribution in [3.8, 4) is 5.75 Å². The van der Waals surface area contributed by atoms with Gasteiger partial charge in [-0.1, -0.05) is 19.3 Å². The van der Waals surface area contributed by atoms with Gasteiger partial charge in [0.05, 0.1) is 10.0 Å². The summed E-state index contributed by atoms with van der Waals surface area (Å²) in [5, 5.41) is 13.7. The summed E-state index contributed by atoms with van der Waals surface area (Å²) in [5.41, 5.74) is 0.130. The smallest absolute Gasteiger partial charge is 0.167 e. The molecule has 3 rings (SSSR count). The van der Waals surface area contributed by atoms with Crippen LogP contribution in [0.25, 0.3) is 0 Å². The Kier molecular flexibility index (Phi) is 9.40. The Balaban J connectivity index is 0.00000156. The Morgan fingerprint density at radius 1 is 1.12 bits per heavy atom. The molecule has 2 N–H and O–H groups in total. The number of aromatic hydroxyl groups is 1. The van der Waals surface area contributed by atoms with Gasteiger partial charge in [0.1, 0.15) is 5.75 Å². The maximum Gasteiger partial charge on any atom is 0.167 e. The molecule has 1 saturated carbocycles. The second-order valence-corrected chi connectivity index (χ2v) is 7.40. The fourth-order valence-electron chi connectivity index (χ4n) is 4.00. The summed E-state index contributed by atoms with van der Waals surface area (Å²) < 4.78 is 28.8. The Labute approximate surface area is 168 Å². The quantitative estimate of drug-likeness (QED) is 0.634. The topological polar surface area (TPSA) is 35.5 Å². The predicted molar refractivity (Wildman–Crippen MR) is 104 cm³/mol. The molecule has 0 unspecified atom stereocenters. The highest BCUT2D eigenvalue weighted by molar-refractivity contribution is 9.10. The standard InChI is InChI=1S/C17H23BrF2N2O.2ClH/c18-12-10-13(19)15(20)14(17(12)23)16(11-4-2-1-3-5-11)22-8-6-21-7-9-22;;/h10-11,16,21,23H,1-9H2;2*1H/t16-;;/m0../s1. The summed E-state index contributed by atoms with van der Waals surface area (Å²) in [6.45, 7) is 3.24. The van der Waals surface area contributed by atoms with Gasteiger partial charge in [-0.05, 0) is 40.8 Å². The minimum atomic E-state index is -0.903. The summed E-state index contributed by atoms with van der Waals surface area (Å²) >= 11 is 3.16. The first-order valence-corrected chi connectivity index (χ1v) is 9.20. The van der Waals surface area contributed by atoms with Crippen molar-refractivity contribution in [1.82, 2.24) is 10.2 Å². The summed E-state index contributed by atoms with van der Waals surface area (Å²) in [7, 11) is 0. The highest BCUT2D eigenvalue weighted by Gasteiger charge is 2.36. The predicted octanol–water partition coefficient (Wildman–Crippen LogP) is 4.80. The molecule has 0 aromatic heterocycles. The fourth-order valence-corrected chi connectivity index (χ4v) is 4.42. The van der Waals surface area contributed by atoms with E-state index in [1.54, 1.807) is 0 Å². The van der Waals surface area contributed by atoms with Gasteiger partial charge in [-0.3, -0.25) is 4.90 Å². The molecule has 25 heavy (non-hydrogen) atoms. The molecule has 1 aromatic rings. The first-order valence-electron chi connectivity index (χ1n) is 8.40. The molecule has 2 fully saturated rings. The number of nitrogens with one attached hydrogen (secondary N) is 1. The number of benzene rings is 1. The van der Waals surface area contributed by atoms with Gasteiger partial charge >= 0.3 is 0 Å². The molecule has 8 heteroatoms. The van der Waals surface area contributed by atoms with E-state index in [1.165, 1.54) is 6.42 Å². The van der Waals surface area contributed by atoms with Crippen LogP contribution in [0.15, 0.2) is 10.5 Å². The largest absolute Gasteiger partial charge is 0.506 e. The zero-order chi connectivity index (χ0) is 16.4. The van der Waals surface area contributed by atoms with E-state index < -0.39 is 11.6 Å². The lowest BCUT2D eigenvalue weighted by Gasteiger charge is -2.41. The minimum absolute atomic E-state index is 0. The maximum absolute atomic E-state index is 14.6. The number of phenols is 1. The Hall–Kier alpha value is -0.140. The highest BCUT2D eigenvalue weighted by Crippen LogP contribution is 2.45. The van der Waals surface area contributed by atoms with Crippen molar-refractivity contribution in [2.75, 3.05) is 26.2 Å². The number of piperazine rings is 1. The number of hydrogen-bond donors (Lipinski definition) is 2. The van der Waals surface area contributed by atoms with Crippen LogP contribution in [0.5, 0.6) is 5.75 Å². The fraction of sp³-hybridized carbons (Fsp3) is 0.647. The van der Waals surface area contributed by atoms with Crippen LogP contribution < -0.4 is 5.32 Å². The zero-order valence-electron chi connectivity index (χ0n) is 13.9. The van der Waals surface area contributed by atoms with Crippen LogP contribution in [0.4, 0.5) is 8.78 Å². The number of halogens is 5. The third kappa shape index (κ3) is 4.98. The van der Waals surface area contributed by atoms with E-state index in [4.69, 9.17) is 0 Å². The van der Waals surface area contributed by atoms with E-state index in [9.17, 15) is 13.9 Å². The molecule has 0 radical (unpaired) electrons. The van der Waals surface area contributed by atoms with Crippen LogP contribution in [0.3, 0.4) is 0 Å². The van der Waals surface area contributed by atoms with Crippen molar-refractivity contribution < 1.29 is 13.9 Å². The molecule has 144 valence electrons. The highest BCUT2D eigenvalue weighted by atomic mass is 79.9. The molecule has 3 nitrogen and oxygen atoms in total. The van der Waals surface area contributed by atoms with E-state index in [1.807, 2.05) is 0 Å². The second kappa shape index (κ2) is 10.3. The normalized spacial score (nSPS) is 20.4.